The van der Waals surface area contributed by atoms with Crippen LogP contribution in [0.2, 0.25) is 0 Å². The highest BCUT2D eigenvalue weighted by Gasteiger charge is 2.26. The third-order valence-electron chi connectivity index (χ3n) is 5.77. The molecule has 3 heterocycles. The Labute approximate surface area is 167 Å². The quantitative estimate of drug-likeness (QED) is 0.554. The van der Waals surface area contributed by atoms with Crippen molar-refractivity contribution in [1.82, 2.24) is 24.4 Å². The molecule has 1 aliphatic rings. The van der Waals surface area contributed by atoms with E-state index in [4.69, 9.17) is 0 Å². The van der Waals surface area contributed by atoms with E-state index in [-0.39, 0.29) is 17.5 Å². The maximum Gasteiger partial charge on any atom is 0.328 e. The van der Waals surface area contributed by atoms with Crippen LogP contribution in [0.3, 0.4) is 0 Å². The summed E-state index contributed by atoms with van der Waals surface area (Å²) >= 11 is 0. The first-order valence-corrected chi connectivity index (χ1v) is 9.61. The van der Waals surface area contributed by atoms with Gasteiger partial charge >= 0.3 is 5.69 Å². The lowest BCUT2D eigenvalue weighted by Crippen LogP contribution is -2.26. The van der Waals surface area contributed by atoms with Gasteiger partial charge in [-0.05, 0) is 30.2 Å². The Balaban J connectivity index is 1.57. The van der Waals surface area contributed by atoms with E-state index in [1.165, 1.54) is 5.56 Å². The zero-order chi connectivity index (χ0) is 20.1. The highest BCUT2D eigenvalue weighted by molar-refractivity contribution is 5.95. The molecule has 7 heteroatoms. The Hall–Kier alpha value is -3.61. The number of nitrogens with zero attached hydrogens (tertiary/aromatic N) is 3. The fraction of sp³-hybridized carbons (Fsp3) is 0.227. The summed E-state index contributed by atoms with van der Waals surface area (Å²) in [6, 6.07) is 16.0. The monoisotopic (exact) mass is 387 g/mol. The maximum absolute atomic E-state index is 12.6. The lowest BCUT2D eigenvalue weighted by molar-refractivity contribution is 0.0950. The lowest BCUT2D eigenvalue weighted by atomic mass is 9.94. The van der Waals surface area contributed by atoms with Gasteiger partial charge < -0.3 is 10.3 Å². The Morgan fingerprint density at radius 3 is 2.55 bits per heavy atom. The van der Waals surface area contributed by atoms with Gasteiger partial charge in [-0.15, -0.1) is 0 Å². The van der Waals surface area contributed by atoms with Gasteiger partial charge in [-0.3, -0.25) is 13.9 Å². The standard InChI is InChI=1S/C22H21N5O2/c1-26-17-9-8-14(11-18(17)27(2)22(26)29)20-24-16-10-15(13-6-4-3-5-7-13)12-23-21(28)19(16)25-20/h3-9,11,15H,10,12H2,1-2H3,(H,23,28)(H,24,25). The molecule has 1 unspecified atom stereocenters. The summed E-state index contributed by atoms with van der Waals surface area (Å²) in [5, 5.41) is 2.99. The van der Waals surface area contributed by atoms with Crippen molar-refractivity contribution in [3.05, 3.63) is 76.0 Å². The van der Waals surface area contributed by atoms with E-state index in [0.717, 1.165) is 22.3 Å². The van der Waals surface area contributed by atoms with Gasteiger partial charge in [0.25, 0.3) is 5.91 Å². The van der Waals surface area contributed by atoms with Crippen LogP contribution in [0.5, 0.6) is 0 Å². The maximum atomic E-state index is 12.6. The molecule has 146 valence electrons. The molecule has 0 spiro atoms. The summed E-state index contributed by atoms with van der Waals surface area (Å²) in [7, 11) is 3.51. The zero-order valence-corrected chi connectivity index (χ0v) is 16.3. The van der Waals surface area contributed by atoms with E-state index < -0.39 is 0 Å². The first kappa shape index (κ1) is 17.5. The number of carbonyl (C=O) groups is 1. The van der Waals surface area contributed by atoms with Gasteiger partial charge in [0.15, 0.2) is 0 Å². The minimum atomic E-state index is -0.158. The van der Waals surface area contributed by atoms with Crippen molar-refractivity contribution in [1.29, 1.82) is 0 Å². The molecule has 0 saturated heterocycles. The van der Waals surface area contributed by atoms with E-state index in [1.54, 1.807) is 23.2 Å². The summed E-state index contributed by atoms with van der Waals surface area (Å²) in [5.41, 5.74) is 4.93. The van der Waals surface area contributed by atoms with Crippen molar-refractivity contribution in [2.45, 2.75) is 12.3 Å². The van der Waals surface area contributed by atoms with Crippen molar-refractivity contribution in [3.63, 3.8) is 0 Å². The molecule has 2 aromatic carbocycles. The largest absolute Gasteiger partial charge is 0.350 e. The highest BCUT2D eigenvalue weighted by Crippen LogP contribution is 2.28. The van der Waals surface area contributed by atoms with Gasteiger partial charge in [0, 0.05) is 37.8 Å². The Kier molecular flexibility index (Phi) is 3.91. The molecule has 29 heavy (non-hydrogen) atoms. The van der Waals surface area contributed by atoms with Crippen LogP contribution < -0.4 is 11.0 Å². The van der Waals surface area contributed by atoms with Crippen molar-refractivity contribution >= 4 is 16.9 Å². The number of aromatic nitrogens is 4. The summed E-state index contributed by atoms with van der Waals surface area (Å²) in [4.78, 5) is 32.7. The molecule has 7 nitrogen and oxygen atoms in total. The number of benzene rings is 2. The number of rotatable bonds is 2. The Morgan fingerprint density at radius 2 is 1.76 bits per heavy atom. The first-order valence-electron chi connectivity index (χ1n) is 9.61. The molecular formula is C22H21N5O2. The van der Waals surface area contributed by atoms with Gasteiger partial charge in [-0.2, -0.15) is 0 Å². The second-order valence-corrected chi connectivity index (χ2v) is 7.54. The Morgan fingerprint density at radius 1 is 1.00 bits per heavy atom. The van der Waals surface area contributed by atoms with Crippen molar-refractivity contribution in [3.8, 4) is 11.4 Å². The molecule has 2 aromatic heterocycles. The lowest BCUT2D eigenvalue weighted by Gasteiger charge is -2.14. The van der Waals surface area contributed by atoms with Crippen molar-refractivity contribution < 1.29 is 4.79 Å². The predicted octanol–water partition coefficient (Wildman–Crippen LogP) is 2.34. The molecule has 4 aromatic rings. The molecule has 0 saturated carbocycles. The normalized spacial score (nSPS) is 16.5. The smallest absolute Gasteiger partial charge is 0.328 e. The molecule has 1 amide bonds. The van der Waals surface area contributed by atoms with Crippen LogP contribution in [0.1, 0.15) is 27.7 Å². The molecule has 1 aliphatic heterocycles. The van der Waals surface area contributed by atoms with E-state index >= 15 is 0 Å². The van der Waals surface area contributed by atoms with Crippen LogP contribution in [0.25, 0.3) is 22.4 Å². The van der Waals surface area contributed by atoms with Gasteiger partial charge in [0.05, 0.1) is 11.0 Å². The number of amides is 1. The number of aryl methyl sites for hydroxylation is 2. The van der Waals surface area contributed by atoms with E-state index in [2.05, 4.69) is 27.4 Å². The third-order valence-corrected chi connectivity index (χ3v) is 5.77. The van der Waals surface area contributed by atoms with Crippen LogP contribution in [0, 0.1) is 0 Å². The van der Waals surface area contributed by atoms with E-state index in [0.29, 0.717) is 24.5 Å². The summed E-state index contributed by atoms with van der Waals surface area (Å²) in [5.74, 6) is 0.665. The van der Waals surface area contributed by atoms with Gasteiger partial charge in [0.1, 0.15) is 11.5 Å². The van der Waals surface area contributed by atoms with Gasteiger partial charge in [-0.25, -0.2) is 9.78 Å². The average Bonchev–Trinajstić information content (AvgIpc) is 3.21. The minimum absolute atomic E-state index is 0.0718. The van der Waals surface area contributed by atoms with Crippen molar-refractivity contribution in [2.24, 2.45) is 14.1 Å². The van der Waals surface area contributed by atoms with Crippen LogP contribution >= 0.6 is 0 Å². The molecule has 1 atom stereocenters. The topological polar surface area (TPSA) is 84.7 Å². The molecule has 0 bridgehead atoms. The number of hydrogen-bond acceptors (Lipinski definition) is 3. The fourth-order valence-electron chi connectivity index (χ4n) is 4.11. The second-order valence-electron chi connectivity index (χ2n) is 7.54. The highest BCUT2D eigenvalue weighted by atomic mass is 16.2. The zero-order valence-electron chi connectivity index (χ0n) is 16.3. The van der Waals surface area contributed by atoms with Crippen LogP contribution in [-0.4, -0.2) is 31.6 Å². The molecule has 2 N–H and O–H groups in total. The van der Waals surface area contributed by atoms with Crippen LogP contribution in [0.4, 0.5) is 0 Å². The third kappa shape index (κ3) is 2.77. The summed E-state index contributed by atoms with van der Waals surface area (Å²) in [6.07, 6.45) is 0.706. The first-order chi connectivity index (χ1) is 14.0. The van der Waals surface area contributed by atoms with E-state index in [9.17, 15) is 9.59 Å². The molecular weight excluding hydrogens is 366 g/mol. The average molecular weight is 387 g/mol. The number of carbonyl (C=O) groups excluding carboxylic acids is 1. The number of aromatic amines is 1. The Bertz CT molecular complexity index is 1300. The SMILES string of the molecule is Cn1c(=O)n(C)c2cc(-c3nc4c([nH]3)CC(c3ccccc3)CNC4=O)ccc21. The number of nitrogens with one attached hydrogen (secondary N) is 2. The summed E-state index contributed by atoms with van der Waals surface area (Å²) in [6.45, 7) is 0.584. The second kappa shape index (κ2) is 6.48. The number of imidazole rings is 2. The van der Waals surface area contributed by atoms with Crippen LogP contribution in [0.15, 0.2) is 53.3 Å². The molecule has 0 radical (unpaired) electrons. The van der Waals surface area contributed by atoms with Gasteiger partial charge in [-0.1, -0.05) is 30.3 Å². The molecule has 5 rings (SSSR count). The molecule has 0 aliphatic carbocycles. The number of hydrogen-bond donors (Lipinski definition) is 2. The molecule has 0 fully saturated rings. The van der Waals surface area contributed by atoms with E-state index in [1.807, 2.05) is 36.4 Å². The minimum Gasteiger partial charge on any atom is -0.350 e. The van der Waals surface area contributed by atoms with Crippen LogP contribution in [-0.2, 0) is 20.5 Å². The predicted molar refractivity (Wildman–Crippen MR) is 111 cm³/mol. The summed E-state index contributed by atoms with van der Waals surface area (Å²) < 4.78 is 3.24. The van der Waals surface area contributed by atoms with Gasteiger partial charge in [0.2, 0.25) is 0 Å². The number of H-pyrrole nitrogens is 1. The fourth-order valence-corrected chi connectivity index (χ4v) is 4.11. The number of fused-ring (bicyclic) bond motifs is 2. The van der Waals surface area contributed by atoms with Crippen molar-refractivity contribution in [2.75, 3.05) is 6.54 Å².